The molecule has 3 nitrogen and oxygen atoms in total. The lowest BCUT2D eigenvalue weighted by Gasteiger charge is -2.16. The number of hydrogen-bond donors (Lipinski definition) is 0. The molecule has 0 aliphatic heterocycles. The van der Waals surface area contributed by atoms with Gasteiger partial charge in [-0.1, -0.05) is 0 Å². The zero-order valence-electron chi connectivity index (χ0n) is 11.3. The maximum atomic E-state index is 13.1. The van der Waals surface area contributed by atoms with E-state index in [2.05, 4.69) is 20.9 Å². The highest BCUT2D eigenvalue weighted by Gasteiger charge is 2.39. The lowest BCUT2D eigenvalue weighted by Crippen LogP contribution is -2.22. The SMILES string of the molecule is CN(C)Cn1c(C(F)(F)F)nc2c(Br)cc(C(F)(F)F)cc21. The summed E-state index contributed by atoms with van der Waals surface area (Å²) in [4.78, 5) is 4.86. The zero-order valence-corrected chi connectivity index (χ0v) is 12.9. The van der Waals surface area contributed by atoms with Gasteiger partial charge in [0.05, 0.1) is 17.7 Å². The lowest BCUT2D eigenvalue weighted by atomic mass is 10.2. The summed E-state index contributed by atoms with van der Waals surface area (Å²) in [5, 5.41) is 0. The highest BCUT2D eigenvalue weighted by molar-refractivity contribution is 9.10. The van der Waals surface area contributed by atoms with E-state index in [9.17, 15) is 26.3 Å². The van der Waals surface area contributed by atoms with Crippen molar-refractivity contribution in [2.24, 2.45) is 0 Å². The molecule has 0 radical (unpaired) electrons. The van der Waals surface area contributed by atoms with Gasteiger partial charge in [0.2, 0.25) is 5.82 Å². The smallest absolute Gasteiger partial charge is 0.307 e. The maximum absolute atomic E-state index is 13.1. The van der Waals surface area contributed by atoms with Crippen molar-refractivity contribution in [1.82, 2.24) is 14.5 Å². The number of nitrogens with zero attached hydrogens (tertiary/aromatic N) is 3. The van der Waals surface area contributed by atoms with Gasteiger partial charge in [-0.15, -0.1) is 0 Å². The van der Waals surface area contributed by atoms with E-state index in [1.165, 1.54) is 19.0 Å². The first-order valence-electron chi connectivity index (χ1n) is 5.90. The molecule has 2 rings (SSSR count). The standard InChI is InChI=1S/C12H10BrF6N3/c1-21(2)5-22-8-4-6(11(14,15)16)3-7(13)9(8)20-10(22)12(17,18)19/h3-4H,5H2,1-2H3. The van der Waals surface area contributed by atoms with Crippen molar-refractivity contribution in [3.8, 4) is 0 Å². The van der Waals surface area contributed by atoms with Gasteiger partial charge in [0.25, 0.3) is 0 Å². The molecular weight excluding hydrogens is 380 g/mol. The number of halogens is 7. The number of hydrogen-bond acceptors (Lipinski definition) is 2. The van der Waals surface area contributed by atoms with Gasteiger partial charge in [-0.25, -0.2) is 4.98 Å². The molecule has 0 amide bonds. The minimum atomic E-state index is -4.77. The Balaban J connectivity index is 2.81. The predicted octanol–water partition coefficient (Wildman–Crippen LogP) is 4.36. The molecule has 0 bridgehead atoms. The van der Waals surface area contributed by atoms with Crippen molar-refractivity contribution in [1.29, 1.82) is 0 Å². The summed E-state index contributed by atoms with van der Waals surface area (Å²) < 4.78 is 78.3. The number of aromatic nitrogens is 2. The third-order valence-corrected chi connectivity index (χ3v) is 3.42. The fourth-order valence-corrected chi connectivity index (χ4v) is 2.53. The van der Waals surface area contributed by atoms with Gasteiger partial charge < -0.3 is 4.57 Å². The third-order valence-electron chi connectivity index (χ3n) is 2.81. The van der Waals surface area contributed by atoms with Crippen molar-refractivity contribution < 1.29 is 26.3 Å². The predicted molar refractivity (Wildman–Crippen MR) is 71.1 cm³/mol. The molecule has 122 valence electrons. The number of alkyl halides is 6. The molecule has 0 N–H and O–H groups in total. The van der Waals surface area contributed by atoms with Gasteiger partial charge >= 0.3 is 12.4 Å². The minimum absolute atomic E-state index is 0.139. The molecule has 0 aliphatic rings. The van der Waals surface area contributed by atoms with Gasteiger partial charge in [-0.3, -0.25) is 4.90 Å². The molecule has 0 saturated heterocycles. The Kier molecular flexibility index (Phi) is 4.20. The van der Waals surface area contributed by atoms with Gasteiger partial charge in [0.1, 0.15) is 5.52 Å². The molecule has 0 saturated carbocycles. The van der Waals surface area contributed by atoms with Gasteiger partial charge in [0.15, 0.2) is 0 Å². The molecule has 0 spiro atoms. The van der Waals surface area contributed by atoms with E-state index in [1.807, 2.05) is 0 Å². The van der Waals surface area contributed by atoms with Crippen LogP contribution in [0.15, 0.2) is 16.6 Å². The Bertz CT molecular complexity index is 701. The Labute approximate surface area is 129 Å². The van der Waals surface area contributed by atoms with E-state index in [0.717, 1.165) is 10.6 Å². The summed E-state index contributed by atoms with van der Waals surface area (Å²) in [5.74, 6) is -1.24. The van der Waals surface area contributed by atoms with Crippen LogP contribution in [-0.2, 0) is 19.0 Å². The Morgan fingerprint density at radius 1 is 1.09 bits per heavy atom. The normalized spacial score (nSPS) is 13.4. The Hall–Kier alpha value is -1.29. The van der Waals surface area contributed by atoms with Crippen LogP contribution in [0.4, 0.5) is 26.3 Å². The van der Waals surface area contributed by atoms with Crippen molar-refractivity contribution in [2.75, 3.05) is 14.1 Å². The van der Waals surface area contributed by atoms with Crippen LogP contribution in [0.5, 0.6) is 0 Å². The van der Waals surface area contributed by atoms with Crippen LogP contribution in [0, 0.1) is 0 Å². The summed E-state index contributed by atoms with van der Waals surface area (Å²) >= 11 is 2.86. The van der Waals surface area contributed by atoms with Crippen LogP contribution >= 0.6 is 15.9 Å². The first kappa shape index (κ1) is 17.1. The van der Waals surface area contributed by atoms with Crippen LogP contribution in [0.2, 0.25) is 0 Å². The highest BCUT2D eigenvalue weighted by atomic mass is 79.9. The first-order valence-corrected chi connectivity index (χ1v) is 6.69. The van der Waals surface area contributed by atoms with Gasteiger partial charge in [-0.2, -0.15) is 26.3 Å². The molecule has 22 heavy (non-hydrogen) atoms. The summed E-state index contributed by atoms with van der Waals surface area (Å²) in [6, 6.07) is 1.39. The number of imidazole rings is 1. The molecule has 0 unspecified atom stereocenters. The second-order valence-corrected chi connectivity index (χ2v) is 5.76. The summed E-state index contributed by atoms with van der Waals surface area (Å²) in [6.45, 7) is -0.251. The number of benzene rings is 1. The fraction of sp³-hybridized carbons (Fsp3) is 0.417. The summed E-state index contributed by atoms with van der Waals surface area (Å²) in [5.41, 5.74) is -1.44. The van der Waals surface area contributed by atoms with E-state index in [4.69, 9.17) is 0 Å². The van der Waals surface area contributed by atoms with E-state index < -0.39 is 23.7 Å². The van der Waals surface area contributed by atoms with E-state index in [1.54, 1.807) is 0 Å². The highest BCUT2D eigenvalue weighted by Crippen LogP contribution is 2.38. The molecular formula is C12H10BrF6N3. The monoisotopic (exact) mass is 389 g/mol. The second-order valence-electron chi connectivity index (χ2n) is 4.91. The maximum Gasteiger partial charge on any atom is 0.449 e. The topological polar surface area (TPSA) is 21.1 Å². The van der Waals surface area contributed by atoms with Crippen LogP contribution in [0.25, 0.3) is 11.0 Å². The quantitative estimate of drug-likeness (QED) is 0.711. The zero-order chi connectivity index (χ0) is 16.9. The molecule has 1 heterocycles. The first-order chi connectivity index (χ1) is 9.91. The Morgan fingerprint density at radius 3 is 2.14 bits per heavy atom. The molecule has 1 aromatic carbocycles. The van der Waals surface area contributed by atoms with Crippen molar-refractivity contribution >= 4 is 27.0 Å². The van der Waals surface area contributed by atoms with Crippen LogP contribution in [0.3, 0.4) is 0 Å². The fourth-order valence-electron chi connectivity index (χ4n) is 1.99. The minimum Gasteiger partial charge on any atom is -0.307 e. The van der Waals surface area contributed by atoms with E-state index >= 15 is 0 Å². The summed E-state index contributed by atoms with van der Waals surface area (Å²) in [7, 11) is 3.02. The van der Waals surface area contributed by atoms with Crippen LogP contribution < -0.4 is 0 Å². The molecule has 0 aliphatic carbocycles. The van der Waals surface area contributed by atoms with Crippen LogP contribution in [0.1, 0.15) is 11.4 Å². The summed E-state index contributed by atoms with van der Waals surface area (Å²) in [6.07, 6.45) is -9.44. The second kappa shape index (κ2) is 5.41. The molecule has 0 fully saturated rings. The van der Waals surface area contributed by atoms with Crippen molar-refractivity contribution in [3.63, 3.8) is 0 Å². The Morgan fingerprint density at radius 2 is 1.68 bits per heavy atom. The van der Waals surface area contributed by atoms with Gasteiger partial charge in [0, 0.05) is 4.47 Å². The molecule has 1 aromatic heterocycles. The number of rotatable bonds is 2. The lowest BCUT2D eigenvalue weighted by molar-refractivity contribution is -0.147. The van der Waals surface area contributed by atoms with Crippen molar-refractivity contribution in [2.45, 2.75) is 19.0 Å². The van der Waals surface area contributed by atoms with E-state index in [-0.39, 0.29) is 22.2 Å². The van der Waals surface area contributed by atoms with Gasteiger partial charge in [-0.05, 0) is 42.2 Å². The molecule has 10 heteroatoms. The molecule has 2 aromatic rings. The largest absolute Gasteiger partial charge is 0.449 e. The average molecular weight is 390 g/mol. The average Bonchev–Trinajstić information content (AvgIpc) is 2.66. The third kappa shape index (κ3) is 3.22. The van der Waals surface area contributed by atoms with Crippen LogP contribution in [-0.4, -0.2) is 28.5 Å². The van der Waals surface area contributed by atoms with Crippen molar-refractivity contribution in [3.05, 3.63) is 28.0 Å². The van der Waals surface area contributed by atoms with E-state index in [0.29, 0.717) is 6.07 Å². The molecule has 0 atom stereocenters. The number of fused-ring (bicyclic) bond motifs is 1.